The summed E-state index contributed by atoms with van der Waals surface area (Å²) in [7, 11) is 0. The average molecular weight is 185 g/mol. The van der Waals surface area contributed by atoms with Crippen LogP contribution in [-0.4, -0.2) is 35.6 Å². The molecule has 0 aromatic rings. The van der Waals surface area contributed by atoms with Crippen molar-refractivity contribution in [3.05, 3.63) is 0 Å². The molecule has 3 heteroatoms. The van der Waals surface area contributed by atoms with E-state index in [-0.39, 0.29) is 5.92 Å². The average Bonchev–Trinajstić information content (AvgIpc) is 2.30. The minimum atomic E-state index is -0.690. The second-order valence-corrected chi connectivity index (χ2v) is 4.89. The van der Waals surface area contributed by atoms with Crippen LogP contribution in [0.5, 0.6) is 0 Å². The molecule has 0 aromatic heterocycles. The van der Waals surface area contributed by atoms with Crippen molar-refractivity contribution in [3.63, 3.8) is 0 Å². The smallest absolute Gasteiger partial charge is 0.307 e. The summed E-state index contributed by atoms with van der Waals surface area (Å²) >= 11 is 0. The Morgan fingerprint density at radius 3 is 2.62 bits per heavy atom. The van der Waals surface area contributed by atoms with Crippen LogP contribution in [-0.2, 0) is 4.79 Å². The van der Waals surface area contributed by atoms with Gasteiger partial charge in [-0.25, -0.2) is 0 Å². The summed E-state index contributed by atoms with van der Waals surface area (Å²) in [6.07, 6.45) is 1.18. The zero-order valence-corrected chi connectivity index (χ0v) is 8.71. The molecule has 0 aliphatic carbocycles. The summed E-state index contributed by atoms with van der Waals surface area (Å²) in [5.74, 6) is -0.932. The van der Waals surface area contributed by atoms with Crippen LogP contribution in [0.1, 0.15) is 27.2 Å². The highest BCUT2D eigenvalue weighted by molar-refractivity contribution is 5.69. The van der Waals surface area contributed by atoms with E-state index in [4.69, 9.17) is 5.11 Å². The van der Waals surface area contributed by atoms with Crippen LogP contribution >= 0.6 is 0 Å². The van der Waals surface area contributed by atoms with Gasteiger partial charge in [0.1, 0.15) is 0 Å². The lowest BCUT2D eigenvalue weighted by Crippen LogP contribution is -2.31. The maximum absolute atomic E-state index is 10.6. The van der Waals surface area contributed by atoms with Crippen molar-refractivity contribution in [3.8, 4) is 0 Å². The Morgan fingerprint density at radius 2 is 2.23 bits per heavy atom. The number of likely N-dealkylation sites (tertiary alicyclic amines) is 1. The predicted octanol–water partition coefficient (Wildman–Crippen LogP) is 1.44. The fourth-order valence-electron chi connectivity index (χ4n) is 1.85. The van der Waals surface area contributed by atoms with Gasteiger partial charge in [-0.3, -0.25) is 4.79 Å². The van der Waals surface area contributed by atoms with Gasteiger partial charge in [0.2, 0.25) is 0 Å². The van der Waals surface area contributed by atoms with E-state index in [0.29, 0.717) is 12.0 Å². The van der Waals surface area contributed by atoms with Gasteiger partial charge >= 0.3 is 5.97 Å². The Labute approximate surface area is 79.7 Å². The number of aliphatic carboxylic acids is 1. The van der Waals surface area contributed by atoms with E-state index in [1.165, 1.54) is 6.42 Å². The minimum Gasteiger partial charge on any atom is -0.481 e. The molecule has 0 amide bonds. The van der Waals surface area contributed by atoms with E-state index in [0.717, 1.165) is 13.1 Å². The van der Waals surface area contributed by atoms with Crippen molar-refractivity contribution in [2.24, 2.45) is 11.3 Å². The molecule has 0 saturated carbocycles. The summed E-state index contributed by atoms with van der Waals surface area (Å²) in [5.41, 5.74) is 0.373. The number of carbonyl (C=O) groups is 1. The van der Waals surface area contributed by atoms with Gasteiger partial charge in [-0.2, -0.15) is 0 Å². The van der Waals surface area contributed by atoms with Gasteiger partial charge in [0.25, 0.3) is 0 Å². The molecule has 13 heavy (non-hydrogen) atoms. The van der Waals surface area contributed by atoms with Crippen molar-refractivity contribution >= 4 is 5.97 Å². The molecule has 1 aliphatic rings. The number of hydrogen-bond donors (Lipinski definition) is 1. The summed E-state index contributed by atoms with van der Waals surface area (Å²) in [4.78, 5) is 12.9. The first-order chi connectivity index (χ1) is 5.91. The van der Waals surface area contributed by atoms with E-state index in [9.17, 15) is 4.79 Å². The lowest BCUT2D eigenvalue weighted by molar-refractivity contribution is -0.141. The van der Waals surface area contributed by atoms with Gasteiger partial charge in [0.05, 0.1) is 5.92 Å². The molecule has 0 radical (unpaired) electrons. The second-order valence-electron chi connectivity index (χ2n) is 4.89. The van der Waals surface area contributed by atoms with Crippen molar-refractivity contribution in [2.75, 3.05) is 19.6 Å². The lowest BCUT2D eigenvalue weighted by Gasteiger charge is -2.21. The highest BCUT2D eigenvalue weighted by Gasteiger charge is 2.30. The van der Waals surface area contributed by atoms with Gasteiger partial charge in [-0.05, 0) is 18.4 Å². The van der Waals surface area contributed by atoms with E-state index < -0.39 is 5.97 Å². The van der Waals surface area contributed by atoms with Gasteiger partial charge < -0.3 is 10.0 Å². The minimum absolute atomic E-state index is 0.242. The molecule has 0 aromatic carbocycles. The third-order valence-corrected chi connectivity index (χ3v) is 2.71. The molecule has 1 unspecified atom stereocenters. The SMILES string of the molecule is CC(CN1CCC(C)(C)C1)C(=O)O. The molecular formula is C10H19NO2. The van der Waals surface area contributed by atoms with Crippen molar-refractivity contribution in [2.45, 2.75) is 27.2 Å². The molecule has 1 rings (SSSR count). The van der Waals surface area contributed by atoms with Crippen LogP contribution in [0, 0.1) is 11.3 Å². The van der Waals surface area contributed by atoms with Gasteiger partial charge in [-0.15, -0.1) is 0 Å². The molecule has 1 heterocycles. The normalized spacial score (nSPS) is 24.5. The predicted molar refractivity (Wildman–Crippen MR) is 51.6 cm³/mol. The Bertz CT molecular complexity index is 201. The van der Waals surface area contributed by atoms with Crippen LogP contribution in [0.25, 0.3) is 0 Å². The molecule has 0 bridgehead atoms. The topological polar surface area (TPSA) is 40.5 Å². The lowest BCUT2D eigenvalue weighted by atomic mass is 9.93. The van der Waals surface area contributed by atoms with Crippen molar-refractivity contribution in [1.29, 1.82) is 0 Å². The quantitative estimate of drug-likeness (QED) is 0.723. The maximum atomic E-state index is 10.6. The molecule has 1 atom stereocenters. The second kappa shape index (κ2) is 3.66. The number of carboxylic acid groups (broad SMARTS) is 1. The Hall–Kier alpha value is -0.570. The Balaban J connectivity index is 2.36. The van der Waals surface area contributed by atoms with Crippen LogP contribution < -0.4 is 0 Å². The number of hydrogen-bond acceptors (Lipinski definition) is 2. The highest BCUT2D eigenvalue weighted by Crippen LogP contribution is 2.28. The summed E-state index contributed by atoms with van der Waals surface area (Å²) < 4.78 is 0. The fourth-order valence-corrected chi connectivity index (χ4v) is 1.85. The van der Waals surface area contributed by atoms with Crippen molar-refractivity contribution in [1.82, 2.24) is 4.90 Å². The summed E-state index contributed by atoms with van der Waals surface area (Å²) in [6.45, 7) is 9.01. The molecule has 76 valence electrons. The number of rotatable bonds is 3. The zero-order valence-electron chi connectivity index (χ0n) is 8.71. The van der Waals surface area contributed by atoms with E-state index in [2.05, 4.69) is 18.7 Å². The van der Waals surface area contributed by atoms with Gasteiger partial charge in [-0.1, -0.05) is 20.8 Å². The van der Waals surface area contributed by atoms with Crippen LogP contribution in [0.4, 0.5) is 0 Å². The first kappa shape index (κ1) is 10.5. The van der Waals surface area contributed by atoms with Gasteiger partial charge in [0, 0.05) is 13.1 Å². The molecular weight excluding hydrogens is 166 g/mol. The summed E-state index contributed by atoms with van der Waals surface area (Å²) in [5, 5.41) is 8.75. The molecule has 3 nitrogen and oxygen atoms in total. The Kier molecular flexibility index (Phi) is 2.96. The van der Waals surface area contributed by atoms with Crippen molar-refractivity contribution < 1.29 is 9.90 Å². The highest BCUT2D eigenvalue weighted by atomic mass is 16.4. The fraction of sp³-hybridized carbons (Fsp3) is 0.900. The van der Waals surface area contributed by atoms with E-state index in [1.807, 2.05) is 0 Å². The molecule has 0 spiro atoms. The molecule has 1 fully saturated rings. The standard InChI is InChI=1S/C10H19NO2/c1-8(9(12)13)6-11-5-4-10(2,3)7-11/h8H,4-7H2,1-3H3,(H,12,13). The number of nitrogens with zero attached hydrogens (tertiary/aromatic N) is 1. The number of carboxylic acids is 1. The molecule has 1 aliphatic heterocycles. The summed E-state index contributed by atoms with van der Waals surface area (Å²) in [6, 6.07) is 0. The largest absolute Gasteiger partial charge is 0.481 e. The van der Waals surface area contributed by atoms with E-state index >= 15 is 0 Å². The first-order valence-electron chi connectivity index (χ1n) is 4.86. The molecule has 1 N–H and O–H groups in total. The first-order valence-corrected chi connectivity index (χ1v) is 4.86. The third-order valence-electron chi connectivity index (χ3n) is 2.71. The van der Waals surface area contributed by atoms with Crippen LogP contribution in [0.2, 0.25) is 0 Å². The van der Waals surface area contributed by atoms with Crippen LogP contribution in [0.3, 0.4) is 0 Å². The monoisotopic (exact) mass is 185 g/mol. The maximum Gasteiger partial charge on any atom is 0.307 e. The van der Waals surface area contributed by atoms with Crippen LogP contribution in [0.15, 0.2) is 0 Å². The zero-order chi connectivity index (χ0) is 10.1. The third kappa shape index (κ3) is 2.99. The molecule has 1 saturated heterocycles. The van der Waals surface area contributed by atoms with E-state index in [1.54, 1.807) is 6.92 Å². The van der Waals surface area contributed by atoms with Gasteiger partial charge in [0.15, 0.2) is 0 Å². The Morgan fingerprint density at radius 1 is 1.62 bits per heavy atom.